The number of hydrogen-bond donors (Lipinski definition) is 0. The van der Waals surface area contributed by atoms with Gasteiger partial charge in [0, 0.05) is 27.8 Å². The van der Waals surface area contributed by atoms with Crippen molar-refractivity contribution in [2.45, 2.75) is 12.5 Å². The molecular weight excluding hydrogens is 396 g/mol. The molecule has 5 rings (SSSR count). The van der Waals surface area contributed by atoms with Gasteiger partial charge < -0.3 is 9.25 Å². The maximum Gasteiger partial charge on any atom is 0.345 e. The van der Waals surface area contributed by atoms with Crippen LogP contribution in [0.15, 0.2) is 74.3 Å². The van der Waals surface area contributed by atoms with Crippen LogP contribution in [0, 0.1) is 0 Å². The van der Waals surface area contributed by atoms with Crippen LogP contribution < -0.4 is 5.63 Å². The van der Waals surface area contributed by atoms with Crippen LogP contribution in [0.2, 0.25) is 5.02 Å². The Morgan fingerprint density at radius 1 is 1.11 bits per heavy atom. The fourth-order valence-electron chi connectivity index (χ4n) is 3.18. The number of aromatic nitrogens is 1. The molecule has 0 radical (unpaired) electrons. The average Bonchev–Trinajstić information content (AvgIpc) is 3.37. The van der Waals surface area contributed by atoms with Crippen molar-refractivity contribution in [2.24, 2.45) is 5.16 Å². The lowest BCUT2D eigenvalue weighted by Gasteiger charge is -2.09. The fourth-order valence-corrected chi connectivity index (χ4v) is 4.25. The number of hydrogen-bond acceptors (Lipinski definition) is 6. The van der Waals surface area contributed by atoms with Crippen molar-refractivity contribution < 1.29 is 9.25 Å². The first-order valence-corrected chi connectivity index (χ1v) is 9.91. The van der Waals surface area contributed by atoms with E-state index < -0.39 is 5.63 Å². The summed E-state index contributed by atoms with van der Waals surface area (Å²) in [6.45, 7) is 0. The third-order valence-corrected chi connectivity index (χ3v) is 5.82. The minimum atomic E-state index is -0.408. The molecule has 5 nitrogen and oxygen atoms in total. The van der Waals surface area contributed by atoms with Gasteiger partial charge in [-0.25, -0.2) is 9.78 Å². The van der Waals surface area contributed by atoms with Crippen molar-refractivity contribution in [1.82, 2.24) is 4.98 Å². The maximum absolute atomic E-state index is 12.4. The summed E-state index contributed by atoms with van der Waals surface area (Å²) < 4.78 is 5.41. The number of rotatable bonds is 3. The molecule has 0 bridgehead atoms. The van der Waals surface area contributed by atoms with Gasteiger partial charge >= 0.3 is 5.63 Å². The molecular formula is C21H13ClN2O3S. The largest absolute Gasteiger partial charge is 0.422 e. The number of halogens is 1. The molecule has 0 spiro atoms. The van der Waals surface area contributed by atoms with E-state index >= 15 is 0 Å². The van der Waals surface area contributed by atoms with E-state index in [0.717, 1.165) is 21.7 Å². The lowest BCUT2D eigenvalue weighted by molar-refractivity contribution is 0.0858. The summed E-state index contributed by atoms with van der Waals surface area (Å²) in [6.07, 6.45) is 0.338. The van der Waals surface area contributed by atoms with Gasteiger partial charge in [-0.1, -0.05) is 53.2 Å². The number of para-hydroxylation sites is 1. The van der Waals surface area contributed by atoms with Crippen LogP contribution in [0.1, 0.15) is 23.1 Å². The molecule has 7 heteroatoms. The third kappa shape index (κ3) is 3.00. The molecule has 0 saturated carbocycles. The van der Waals surface area contributed by atoms with Gasteiger partial charge in [0.2, 0.25) is 0 Å². The van der Waals surface area contributed by atoms with Crippen molar-refractivity contribution in [3.05, 3.63) is 86.0 Å². The highest BCUT2D eigenvalue weighted by molar-refractivity contribution is 7.12. The van der Waals surface area contributed by atoms with E-state index in [0.29, 0.717) is 28.3 Å². The molecule has 1 aliphatic rings. The van der Waals surface area contributed by atoms with Crippen molar-refractivity contribution in [3.63, 3.8) is 0 Å². The van der Waals surface area contributed by atoms with Gasteiger partial charge in [0.05, 0.1) is 11.3 Å². The smallest absolute Gasteiger partial charge is 0.345 e. The topological polar surface area (TPSA) is 64.7 Å². The second kappa shape index (κ2) is 6.89. The summed E-state index contributed by atoms with van der Waals surface area (Å²) in [5.74, 6) is 0. The van der Waals surface area contributed by atoms with Crippen LogP contribution in [0.3, 0.4) is 0 Å². The molecule has 0 saturated heterocycles. The van der Waals surface area contributed by atoms with Gasteiger partial charge in [0.1, 0.15) is 16.3 Å². The third-order valence-electron chi connectivity index (χ3n) is 4.59. The van der Waals surface area contributed by atoms with Crippen molar-refractivity contribution >= 4 is 39.6 Å². The summed E-state index contributed by atoms with van der Waals surface area (Å²) in [7, 11) is 0. The van der Waals surface area contributed by atoms with Crippen molar-refractivity contribution in [3.8, 4) is 11.3 Å². The Bertz CT molecular complexity index is 1280. The lowest BCUT2D eigenvalue weighted by atomic mass is 10.0. The van der Waals surface area contributed by atoms with E-state index in [-0.39, 0.29) is 6.10 Å². The molecule has 2 aromatic heterocycles. The summed E-state index contributed by atoms with van der Waals surface area (Å²) >= 11 is 7.68. The van der Waals surface area contributed by atoms with E-state index in [1.54, 1.807) is 12.1 Å². The SMILES string of the molecule is O=c1oc2ccccc2cc1-c1csc(C2=NOC(c3ccccc3Cl)C2)n1. The minimum absolute atomic E-state index is 0.234. The Morgan fingerprint density at radius 3 is 2.82 bits per heavy atom. The van der Waals surface area contributed by atoms with Gasteiger partial charge in [0.15, 0.2) is 6.10 Å². The zero-order valence-corrected chi connectivity index (χ0v) is 16.0. The lowest BCUT2D eigenvalue weighted by Crippen LogP contribution is -2.04. The molecule has 28 heavy (non-hydrogen) atoms. The van der Waals surface area contributed by atoms with Gasteiger partial charge in [-0.05, 0) is 18.2 Å². The van der Waals surface area contributed by atoms with Crippen LogP contribution in [-0.4, -0.2) is 10.7 Å². The van der Waals surface area contributed by atoms with Crippen LogP contribution in [0.4, 0.5) is 0 Å². The molecule has 0 fully saturated rings. The summed E-state index contributed by atoms with van der Waals surface area (Å²) in [5, 5.41) is 8.25. The van der Waals surface area contributed by atoms with Crippen LogP contribution in [0.5, 0.6) is 0 Å². The Morgan fingerprint density at radius 2 is 1.93 bits per heavy atom. The number of thiazole rings is 1. The Kier molecular flexibility index (Phi) is 4.22. The minimum Gasteiger partial charge on any atom is -0.422 e. The zero-order valence-electron chi connectivity index (χ0n) is 14.5. The van der Waals surface area contributed by atoms with E-state index in [4.69, 9.17) is 20.9 Å². The number of oxime groups is 1. The van der Waals surface area contributed by atoms with E-state index in [1.165, 1.54) is 11.3 Å². The van der Waals surface area contributed by atoms with Gasteiger partial charge in [-0.2, -0.15) is 0 Å². The molecule has 1 aliphatic heterocycles. The first-order chi connectivity index (χ1) is 13.7. The van der Waals surface area contributed by atoms with Crippen LogP contribution >= 0.6 is 22.9 Å². The van der Waals surface area contributed by atoms with Crippen LogP contribution in [-0.2, 0) is 4.84 Å². The Labute approximate surface area is 168 Å². The molecule has 138 valence electrons. The fraction of sp³-hybridized carbons (Fsp3) is 0.0952. The summed E-state index contributed by atoms with van der Waals surface area (Å²) in [4.78, 5) is 22.5. The highest BCUT2D eigenvalue weighted by Crippen LogP contribution is 2.34. The molecule has 1 atom stereocenters. The summed E-state index contributed by atoms with van der Waals surface area (Å²) in [6, 6.07) is 16.8. The second-order valence-electron chi connectivity index (χ2n) is 6.38. The van der Waals surface area contributed by atoms with E-state index in [1.807, 2.05) is 47.8 Å². The normalized spacial score (nSPS) is 16.2. The van der Waals surface area contributed by atoms with Gasteiger partial charge in [0.25, 0.3) is 0 Å². The molecule has 3 heterocycles. The first-order valence-electron chi connectivity index (χ1n) is 8.65. The molecule has 1 unspecified atom stereocenters. The summed E-state index contributed by atoms with van der Waals surface area (Å²) in [5.41, 5.74) is 2.80. The van der Waals surface area contributed by atoms with Gasteiger partial charge in [-0.15, -0.1) is 11.3 Å². The standard InChI is InChI=1S/C21H13ClN2O3S/c22-15-7-3-2-6-13(15)19-10-16(24-27-19)20-23-17(11-28-20)14-9-12-5-1-4-8-18(12)26-21(14)25/h1-9,11,19H,10H2. The van der Waals surface area contributed by atoms with E-state index in [9.17, 15) is 4.79 Å². The average molecular weight is 409 g/mol. The van der Waals surface area contributed by atoms with Crippen molar-refractivity contribution in [1.29, 1.82) is 0 Å². The maximum atomic E-state index is 12.4. The quantitative estimate of drug-likeness (QED) is 0.423. The number of benzene rings is 2. The van der Waals surface area contributed by atoms with E-state index in [2.05, 4.69) is 10.1 Å². The molecule has 0 aliphatic carbocycles. The van der Waals surface area contributed by atoms with Crippen molar-refractivity contribution in [2.75, 3.05) is 0 Å². The molecule has 0 N–H and O–H groups in total. The second-order valence-corrected chi connectivity index (χ2v) is 7.65. The van der Waals surface area contributed by atoms with Gasteiger partial charge in [-0.3, -0.25) is 0 Å². The Balaban J connectivity index is 1.44. The predicted molar refractivity (Wildman–Crippen MR) is 110 cm³/mol. The zero-order chi connectivity index (χ0) is 19.1. The molecule has 4 aromatic rings. The predicted octanol–water partition coefficient (Wildman–Crippen LogP) is 5.44. The highest BCUT2D eigenvalue weighted by atomic mass is 35.5. The number of fused-ring (bicyclic) bond motifs is 1. The van der Waals surface area contributed by atoms with Crippen LogP contribution in [0.25, 0.3) is 22.2 Å². The molecule has 2 aromatic carbocycles. The first kappa shape index (κ1) is 17.2. The monoisotopic (exact) mass is 408 g/mol. The number of nitrogens with zero attached hydrogens (tertiary/aromatic N) is 2. The Hall–Kier alpha value is -2.96. The molecule has 0 amide bonds. The highest BCUT2D eigenvalue weighted by Gasteiger charge is 2.27.